The van der Waals surface area contributed by atoms with Gasteiger partial charge < -0.3 is 5.32 Å². The van der Waals surface area contributed by atoms with Gasteiger partial charge >= 0.3 is 0 Å². The normalized spacial score (nSPS) is 16.7. The van der Waals surface area contributed by atoms with Gasteiger partial charge in [0.05, 0.1) is 0 Å². The van der Waals surface area contributed by atoms with Crippen LogP contribution in [-0.4, -0.2) is 24.0 Å². The fraction of sp³-hybridized carbons (Fsp3) is 0.600. The van der Waals surface area contributed by atoms with Gasteiger partial charge in [0.1, 0.15) is 5.82 Å². The van der Waals surface area contributed by atoms with E-state index >= 15 is 0 Å². The van der Waals surface area contributed by atoms with Crippen LogP contribution < -0.4 is 5.32 Å². The Labute approximate surface area is 109 Å². The molecule has 0 atom stereocenters. The third-order valence-electron chi connectivity index (χ3n) is 3.42. The average molecular weight is 250 g/mol. The molecule has 1 N–H and O–H groups in total. The molecule has 0 spiro atoms. The van der Waals surface area contributed by atoms with Crippen LogP contribution in [0, 0.1) is 5.82 Å². The van der Waals surface area contributed by atoms with Gasteiger partial charge in [-0.15, -0.1) is 0 Å². The Balaban J connectivity index is 2.01. The number of nitrogens with one attached hydrogen (secondary N) is 1. The molecule has 0 bridgehead atoms. The van der Waals surface area contributed by atoms with Gasteiger partial charge in [-0.05, 0) is 37.6 Å². The second kappa shape index (κ2) is 6.30. The molecule has 3 heteroatoms. The minimum absolute atomic E-state index is 0.0739. The highest BCUT2D eigenvalue weighted by molar-refractivity contribution is 5.25. The van der Waals surface area contributed by atoms with E-state index in [2.05, 4.69) is 24.1 Å². The first-order valence-electron chi connectivity index (χ1n) is 6.88. The first kappa shape index (κ1) is 13.5. The van der Waals surface area contributed by atoms with E-state index in [9.17, 15) is 4.39 Å². The van der Waals surface area contributed by atoms with Crippen LogP contribution in [0.15, 0.2) is 18.2 Å². The quantitative estimate of drug-likeness (QED) is 0.864. The molecule has 1 aromatic carbocycles. The van der Waals surface area contributed by atoms with Crippen LogP contribution in [-0.2, 0) is 13.1 Å². The predicted octanol–water partition coefficient (Wildman–Crippen LogP) is 2.92. The highest BCUT2D eigenvalue weighted by Gasteiger charge is 2.14. The van der Waals surface area contributed by atoms with Gasteiger partial charge in [0.25, 0.3) is 0 Å². The second-order valence-electron chi connectivity index (χ2n) is 5.44. The summed E-state index contributed by atoms with van der Waals surface area (Å²) < 4.78 is 13.8. The smallest absolute Gasteiger partial charge is 0.127 e. The lowest BCUT2D eigenvalue weighted by Gasteiger charge is -2.16. The largest absolute Gasteiger partial charge is 0.310 e. The summed E-state index contributed by atoms with van der Waals surface area (Å²) >= 11 is 0. The molecule has 18 heavy (non-hydrogen) atoms. The van der Waals surface area contributed by atoms with Crippen LogP contribution in [0.1, 0.15) is 37.8 Å². The zero-order valence-electron chi connectivity index (χ0n) is 11.4. The van der Waals surface area contributed by atoms with Crippen molar-refractivity contribution in [3.8, 4) is 0 Å². The monoisotopic (exact) mass is 250 g/mol. The Hall–Kier alpha value is -0.930. The maximum Gasteiger partial charge on any atom is 0.127 e. The van der Waals surface area contributed by atoms with E-state index in [-0.39, 0.29) is 5.82 Å². The SMILES string of the molecule is CC(C)NCc1ccc(F)c(CN2CCCC2)c1. The zero-order chi connectivity index (χ0) is 13.0. The van der Waals surface area contributed by atoms with Crippen molar-refractivity contribution in [1.29, 1.82) is 0 Å². The minimum Gasteiger partial charge on any atom is -0.310 e. The summed E-state index contributed by atoms with van der Waals surface area (Å²) in [6.45, 7) is 8.01. The number of likely N-dealkylation sites (tertiary alicyclic amines) is 1. The average Bonchev–Trinajstić information content (AvgIpc) is 2.83. The predicted molar refractivity (Wildman–Crippen MR) is 72.9 cm³/mol. The van der Waals surface area contributed by atoms with Crippen molar-refractivity contribution in [2.45, 2.75) is 45.8 Å². The molecule has 1 aromatic rings. The fourth-order valence-corrected chi connectivity index (χ4v) is 2.36. The first-order chi connectivity index (χ1) is 8.65. The van der Waals surface area contributed by atoms with Crippen LogP contribution >= 0.6 is 0 Å². The van der Waals surface area contributed by atoms with E-state index in [0.29, 0.717) is 6.04 Å². The molecular weight excluding hydrogens is 227 g/mol. The Morgan fingerprint density at radius 3 is 2.67 bits per heavy atom. The van der Waals surface area contributed by atoms with Gasteiger partial charge in [0, 0.05) is 24.7 Å². The molecule has 2 nitrogen and oxygen atoms in total. The van der Waals surface area contributed by atoms with Crippen LogP contribution in [0.25, 0.3) is 0 Å². The highest BCUT2D eigenvalue weighted by atomic mass is 19.1. The van der Waals surface area contributed by atoms with E-state index in [1.807, 2.05) is 12.1 Å². The molecule has 0 saturated carbocycles. The van der Waals surface area contributed by atoms with Crippen molar-refractivity contribution in [3.05, 3.63) is 35.1 Å². The molecule has 1 saturated heterocycles. The lowest BCUT2D eigenvalue weighted by Crippen LogP contribution is -2.22. The maximum atomic E-state index is 13.8. The number of rotatable bonds is 5. The summed E-state index contributed by atoms with van der Waals surface area (Å²) in [5, 5.41) is 3.37. The third kappa shape index (κ3) is 3.79. The lowest BCUT2D eigenvalue weighted by atomic mass is 10.1. The van der Waals surface area contributed by atoms with Crippen molar-refractivity contribution in [2.75, 3.05) is 13.1 Å². The minimum atomic E-state index is -0.0739. The lowest BCUT2D eigenvalue weighted by molar-refractivity contribution is 0.325. The fourth-order valence-electron chi connectivity index (χ4n) is 2.36. The maximum absolute atomic E-state index is 13.8. The van der Waals surface area contributed by atoms with Gasteiger partial charge in [-0.3, -0.25) is 4.90 Å². The molecule has 1 aliphatic rings. The summed E-state index contributed by atoms with van der Waals surface area (Å²) in [7, 11) is 0. The van der Waals surface area contributed by atoms with Crippen molar-refractivity contribution in [3.63, 3.8) is 0 Å². The second-order valence-corrected chi connectivity index (χ2v) is 5.44. The van der Waals surface area contributed by atoms with Crippen LogP contribution in [0.3, 0.4) is 0 Å². The topological polar surface area (TPSA) is 15.3 Å². The molecule has 1 heterocycles. The van der Waals surface area contributed by atoms with Crippen molar-refractivity contribution in [2.24, 2.45) is 0 Å². The molecule has 0 radical (unpaired) electrons. The van der Waals surface area contributed by atoms with Crippen molar-refractivity contribution >= 4 is 0 Å². The number of halogens is 1. The van der Waals surface area contributed by atoms with Gasteiger partial charge in [-0.2, -0.15) is 0 Å². The molecule has 0 amide bonds. The summed E-state index contributed by atoms with van der Waals surface area (Å²) in [6.07, 6.45) is 2.49. The van der Waals surface area contributed by atoms with Crippen LogP contribution in [0.2, 0.25) is 0 Å². The van der Waals surface area contributed by atoms with E-state index in [1.165, 1.54) is 18.4 Å². The molecule has 1 aliphatic heterocycles. The summed E-state index contributed by atoms with van der Waals surface area (Å²) in [5.41, 5.74) is 2.00. The molecular formula is C15H23FN2. The van der Waals surface area contributed by atoms with Gasteiger partial charge in [0.2, 0.25) is 0 Å². The van der Waals surface area contributed by atoms with E-state index in [4.69, 9.17) is 0 Å². The molecule has 0 aromatic heterocycles. The molecule has 0 aliphatic carbocycles. The molecule has 0 unspecified atom stereocenters. The summed E-state index contributed by atoms with van der Waals surface area (Å²) in [6, 6.07) is 5.93. The van der Waals surface area contributed by atoms with Crippen LogP contribution in [0.5, 0.6) is 0 Å². The van der Waals surface area contributed by atoms with E-state index < -0.39 is 0 Å². The van der Waals surface area contributed by atoms with Crippen LogP contribution in [0.4, 0.5) is 4.39 Å². The molecule has 2 rings (SSSR count). The number of nitrogens with zero attached hydrogens (tertiary/aromatic N) is 1. The highest BCUT2D eigenvalue weighted by Crippen LogP contribution is 2.16. The molecule has 100 valence electrons. The Morgan fingerprint density at radius 2 is 2.00 bits per heavy atom. The zero-order valence-corrected chi connectivity index (χ0v) is 11.4. The van der Waals surface area contributed by atoms with Gasteiger partial charge in [0.15, 0.2) is 0 Å². The Bertz CT molecular complexity index is 384. The summed E-state index contributed by atoms with van der Waals surface area (Å²) in [4.78, 5) is 2.33. The number of hydrogen-bond acceptors (Lipinski definition) is 2. The van der Waals surface area contributed by atoms with E-state index in [1.54, 1.807) is 6.07 Å². The van der Waals surface area contributed by atoms with Gasteiger partial charge in [-0.1, -0.05) is 26.0 Å². The summed E-state index contributed by atoms with van der Waals surface area (Å²) in [5.74, 6) is -0.0739. The number of benzene rings is 1. The standard InChI is InChI=1S/C15H23FN2/c1-12(2)17-10-13-5-6-15(16)14(9-13)11-18-7-3-4-8-18/h5-6,9,12,17H,3-4,7-8,10-11H2,1-2H3. The van der Waals surface area contributed by atoms with Crippen molar-refractivity contribution < 1.29 is 4.39 Å². The Morgan fingerprint density at radius 1 is 1.28 bits per heavy atom. The van der Waals surface area contributed by atoms with Gasteiger partial charge in [-0.25, -0.2) is 4.39 Å². The van der Waals surface area contributed by atoms with Crippen molar-refractivity contribution in [1.82, 2.24) is 10.2 Å². The first-order valence-corrected chi connectivity index (χ1v) is 6.88. The molecule has 1 fully saturated rings. The Kier molecular flexibility index (Phi) is 4.72. The number of hydrogen-bond donors (Lipinski definition) is 1. The van der Waals surface area contributed by atoms with E-state index in [0.717, 1.165) is 31.7 Å². The third-order valence-corrected chi connectivity index (χ3v) is 3.42.